The third kappa shape index (κ3) is 4.56. The molecule has 0 aromatic heterocycles. The van der Waals surface area contributed by atoms with Gasteiger partial charge in [-0.05, 0) is 12.8 Å². The van der Waals surface area contributed by atoms with Crippen LogP contribution in [0.15, 0.2) is 12.7 Å². The number of nitrogens with one attached hydrogen (secondary N) is 1. The number of carbonyl (C=O) groups excluding carboxylic acids is 1. The van der Waals surface area contributed by atoms with Gasteiger partial charge in [0.25, 0.3) is 0 Å². The zero-order valence-corrected chi connectivity index (χ0v) is 6.97. The van der Waals surface area contributed by atoms with E-state index in [0.717, 1.165) is 6.42 Å². The van der Waals surface area contributed by atoms with Crippen molar-refractivity contribution in [3.8, 4) is 0 Å². The van der Waals surface area contributed by atoms with Crippen molar-refractivity contribution < 1.29 is 4.79 Å². The molecule has 0 radical (unpaired) electrons. The maximum atomic E-state index is 11.0. The molecule has 1 amide bonds. The summed E-state index contributed by atoms with van der Waals surface area (Å²) in [5, 5.41) is 2.70. The predicted octanol–water partition coefficient (Wildman–Crippen LogP) is 0.416. The van der Waals surface area contributed by atoms with Crippen molar-refractivity contribution in [3.63, 3.8) is 0 Å². The fourth-order valence-electron chi connectivity index (χ4n) is 0.614. The highest BCUT2D eigenvalue weighted by Gasteiger charge is 2.08. The van der Waals surface area contributed by atoms with Gasteiger partial charge in [0, 0.05) is 6.54 Å². The molecule has 0 spiro atoms. The average molecular weight is 156 g/mol. The number of nitrogens with two attached hydrogens (primary N) is 1. The Morgan fingerprint density at radius 1 is 1.82 bits per heavy atom. The molecule has 0 aliphatic carbocycles. The quantitative estimate of drug-likeness (QED) is 0.447. The molecule has 3 nitrogen and oxygen atoms in total. The molecule has 0 saturated heterocycles. The van der Waals surface area contributed by atoms with E-state index in [9.17, 15) is 4.79 Å². The van der Waals surface area contributed by atoms with Crippen molar-refractivity contribution in [1.29, 1.82) is 0 Å². The molecule has 0 aliphatic rings. The van der Waals surface area contributed by atoms with Crippen LogP contribution in [0.25, 0.3) is 0 Å². The molecule has 0 aliphatic heterocycles. The topological polar surface area (TPSA) is 55.1 Å². The molecule has 0 fully saturated rings. The Hall–Kier alpha value is -0.830. The van der Waals surface area contributed by atoms with Crippen LogP contribution < -0.4 is 11.1 Å². The van der Waals surface area contributed by atoms with E-state index in [1.165, 1.54) is 0 Å². The summed E-state index contributed by atoms with van der Waals surface area (Å²) in [6.07, 6.45) is 3.24. The van der Waals surface area contributed by atoms with Crippen LogP contribution in [0.2, 0.25) is 0 Å². The first-order valence-electron chi connectivity index (χ1n) is 3.86. The van der Waals surface area contributed by atoms with Gasteiger partial charge in [0.05, 0.1) is 6.04 Å². The highest BCUT2D eigenvalue weighted by molar-refractivity contribution is 5.81. The number of rotatable bonds is 5. The zero-order valence-electron chi connectivity index (χ0n) is 6.97. The lowest BCUT2D eigenvalue weighted by Crippen LogP contribution is -2.40. The Morgan fingerprint density at radius 2 is 2.45 bits per heavy atom. The molecule has 0 bridgehead atoms. The molecule has 0 aromatic carbocycles. The molecule has 64 valence electrons. The Kier molecular flexibility index (Phi) is 5.47. The summed E-state index contributed by atoms with van der Waals surface area (Å²) in [6, 6.07) is -0.361. The minimum atomic E-state index is -0.361. The predicted molar refractivity (Wildman–Crippen MR) is 46.1 cm³/mol. The summed E-state index contributed by atoms with van der Waals surface area (Å²) >= 11 is 0. The molecule has 11 heavy (non-hydrogen) atoms. The van der Waals surface area contributed by atoms with Crippen LogP contribution in [0, 0.1) is 0 Å². The Bertz CT molecular complexity index is 134. The standard InChI is InChI=1S/C8H16N2O/c1-3-5-6-10-8(11)7(9)4-2/h3,7H,1,4-6,9H2,2H3,(H,10,11)/t7-/m0/s1. The first-order chi connectivity index (χ1) is 5.22. The highest BCUT2D eigenvalue weighted by atomic mass is 16.2. The van der Waals surface area contributed by atoms with Gasteiger partial charge < -0.3 is 11.1 Å². The smallest absolute Gasteiger partial charge is 0.236 e. The van der Waals surface area contributed by atoms with Gasteiger partial charge in [0.15, 0.2) is 0 Å². The van der Waals surface area contributed by atoms with Crippen LogP contribution in [0.1, 0.15) is 19.8 Å². The van der Waals surface area contributed by atoms with E-state index >= 15 is 0 Å². The van der Waals surface area contributed by atoms with Crippen LogP contribution in [0.4, 0.5) is 0 Å². The fourth-order valence-corrected chi connectivity index (χ4v) is 0.614. The van der Waals surface area contributed by atoms with Gasteiger partial charge in [-0.2, -0.15) is 0 Å². The average Bonchev–Trinajstić information content (AvgIpc) is 2.03. The maximum absolute atomic E-state index is 11.0. The Labute approximate surface area is 67.7 Å². The maximum Gasteiger partial charge on any atom is 0.236 e. The van der Waals surface area contributed by atoms with Crippen molar-refractivity contribution in [3.05, 3.63) is 12.7 Å². The molecule has 1 atom stereocenters. The number of amides is 1. The van der Waals surface area contributed by atoms with Gasteiger partial charge in [0.2, 0.25) is 5.91 Å². The fraction of sp³-hybridized carbons (Fsp3) is 0.625. The summed E-state index contributed by atoms with van der Waals surface area (Å²) in [5.74, 6) is -0.0747. The molecule has 0 unspecified atom stereocenters. The van der Waals surface area contributed by atoms with Crippen LogP contribution >= 0.6 is 0 Å². The first-order valence-corrected chi connectivity index (χ1v) is 3.86. The summed E-state index contributed by atoms with van der Waals surface area (Å²) in [4.78, 5) is 11.0. The molecular weight excluding hydrogens is 140 g/mol. The third-order valence-corrected chi connectivity index (χ3v) is 1.42. The van der Waals surface area contributed by atoms with Crippen molar-refractivity contribution in [2.45, 2.75) is 25.8 Å². The van der Waals surface area contributed by atoms with Crippen molar-refractivity contribution in [1.82, 2.24) is 5.32 Å². The van der Waals surface area contributed by atoms with Crippen molar-refractivity contribution in [2.24, 2.45) is 5.73 Å². The SMILES string of the molecule is C=CCCNC(=O)[C@@H](N)CC. The second kappa shape index (κ2) is 5.92. The third-order valence-electron chi connectivity index (χ3n) is 1.42. The number of hydrogen-bond donors (Lipinski definition) is 2. The normalized spacial score (nSPS) is 12.2. The van der Waals surface area contributed by atoms with E-state index in [0.29, 0.717) is 13.0 Å². The first kappa shape index (κ1) is 10.2. The molecule has 0 heterocycles. The minimum absolute atomic E-state index is 0.0747. The van der Waals surface area contributed by atoms with E-state index in [2.05, 4.69) is 11.9 Å². The van der Waals surface area contributed by atoms with E-state index < -0.39 is 0 Å². The van der Waals surface area contributed by atoms with Gasteiger partial charge in [-0.15, -0.1) is 6.58 Å². The zero-order chi connectivity index (χ0) is 8.69. The van der Waals surface area contributed by atoms with Gasteiger partial charge in [-0.25, -0.2) is 0 Å². The second-order valence-electron chi connectivity index (χ2n) is 2.38. The van der Waals surface area contributed by atoms with E-state index in [1.54, 1.807) is 6.08 Å². The lowest BCUT2D eigenvalue weighted by molar-refractivity contribution is -0.122. The summed E-state index contributed by atoms with van der Waals surface area (Å²) in [6.45, 7) is 6.06. The summed E-state index contributed by atoms with van der Waals surface area (Å²) in [7, 11) is 0. The van der Waals surface area contributed by atoms with Crippen molar-refractivity contribution in [2.75, 3.05) is 6.54 Å². The van der Waals surface area contributed by atoms with Gasteiger partial charge in [0.1, 0.15) is 0 Å². The van der Waals surface area contributed by atoms with Crippen LogP contribution in [-0.4, -0.2) is 18.5 Å². The van der Waals surface area contributed by atoms with Crippen molar-refractivity contribution >= 4 is 5.91 Å². The molecule has 0 saturated carbocycles. The molecule has 0 aromatic rings. The van der Waals surface area contributed by atoms with Gasteiger partial charge in [-0.1, -0.05) is 13.0 Å². The monoisotopic (exact) mass is 156 g/mol. The van der Waals surface area contributed by atoms with Crippen LogP contribution in [0.3, 0.4) is 0 Å². The van der Waals surface area contributed by atoms with Crippen LogP contribution in [0.5, 0.6) is 0 Å². The number of carbonyl (C=O) groups is 1. The number of hydrogen-bond acceptors (Lipinski definition) is 2. The summed E-state index contributed by atoms with van der Waals surface area (Å²) in [5.41, 5.74) is 5.46. The highest BCUT2D eigenvalue weighted by Crippen LogP contribution is 1.85. The van der Waals surface area contributed by atoms with E-state index in [4.69, 9.17) is 5.73 Å². The Morgan fingerprint density at radius 3 is 2.91 bits per heavy atom. The van der Waals surface area contributed by atoms with E-state index in [1.807, 2.05) is 6.92 Å². The minimum Gasteiger partial charge on any atom is -0.354 e. The van der Waals surface area contributed by atoms with E-state index in [-0.39, 0.29) is 11.9 Å². The van der Waals surface area contributed by atoms with Gasteiger partial charge in [-0.3, -0.25) is 4.79 Å². The lowest BCUT2D eigenvalue weighted by Gasteiger charge is -2.08. The second-order valence-corrected chi connectivity index (χ2v) is 2.38. The molecular formula is C8H16N2O. The van der Waals surface area contributed by atoms with Gasteiger partial charge >= 0.3 is 0 Å². The molecule has 3 N–H and O–H groups in total. The largest absolute Gasteiger partial charge is 0.354 e. The molecule has 3 heteroatoms. The lowest BCUT2D eigenvalue weighted by atomic mass is 10.2. The van der Waals surface area contributed by atoms with Crippen LogP contribution in [-0.2, 0) is 4.79 Å². The summed E-state index contributed by atoms with van der Waals surface area (Å²) < 4.78 is 0. The molecule has 0 rings (SSSR count). The Balaban J connectivity index is 3.43.